The molecule has 56 nitrogen and oxygen atoms in total. The van der Waals surface area contributed by atoms with Gasteiger partial charge in [0, 0.05) is 62.7 Å². The summed E-state index contributed by atoms with van der Waals surface area (Å²) in [6, 6.07) is 0. The van der Waals surface area contributed by atoms with Gasteiger partial charge in [0.2, 0.25) is 11.9 Å². The van der Waals surface area contributed by atoms with Crippen molar-refractivity contribution in [3.8, 4) is 0 Å². The Morgan fingerprint density at radius 2 is 0.797 bits per heavy atom. The zero-order valence-corrected chi connectivity index (χ0v) is 80.1. The first-order valence-corrected chi connectivity index (χ1v) is 55.6. The Hall–Kier alpha value is -6.81. The van der Waals surface area contributed by atoms with E-state index in [0.29, 0.717) is 0 Å². The van der Waals surface area contributed by atoms with Crippen molar-refractivity contribution >= 4 is 180 Å². The van der Waals surface area contributed by atoms with Crippen molar-refractivity contribution in [2.45, 2.75) is 189 Å². The van der Waals surface area contributed by atoms with Gasteiger partial charge in [0.25, 0.3) is 22.2 Å². The summed E-state index contributed by atoms with van der Waals surface area (Å²) in [4.78, 5) is 188. The van der Waals surface area contributed by atoms with Crippen LogP contribution in [0, 0.1) is 13.8 Å². The van der Waals surface area contributed by atoms with Crippen LogP contribution in [0.3, 0.4) is 0 Å². The standard InChI is InChI=1S/C63H80N24O32P6S6.C2H6/c1-24-10-82(61(93)80-54(24)89)37-5-27(114-120(95,126)101-4)32(108-37)12-102-122(97,128)117-30-8-40(85-21-74-44-52(85)76-59(66)78-56(44)91)111-34(30)14-104-121(96,127)115-28-6-38(83-11-25(2)55(90)81-62(83)94)109-33(28)13-103-123(98,129)118-31-9-41(86-22-75-45-53(86)77-60(67)79-57(45)92)112-35(31)15-105-124(99,130)116-29-7-39(84-20-72-42-48(64)68-18-70-50(42)84)110-36(29)16-106-125(100,131)119-47-46-58(113-63(47,17-88)26(3)107-46)87-23-73-43-49(65)69-19-71-51(43)87;1-2/h10-11,18-23,26-41,46-47,58,88H,5-9,12-17H2,1-4H3,(H,95,126)(H,96,127)(H,97,128)(H,98,129)(H,99,130)(H,100,131)(H2,64,68,70)(H2,65,69,71)(H,80,89,93)(H,81,90,94)(H3,66,76,78,91)(H3,67,77,79,92);1-2H3/t26-,27+,28+,29+,30+,31+,32+,33+,34+,35+,36+,37+,38+,39+,40+,41+,46?,47+,58+,63-,120?,121?,122?,123?,124?,125?;/m0./s1. The predicted octanol–water partition coefficient (Wildman–Crippen LogP) is 0.652. The molecule has 17 heterocycles. The summed E-state index contributed by atoms with van der Waals surface area (Å²) in [5.74, 6) is -0.516. The van der Waals surface area contributed by atoms with Gasteiger partial charge in [-0.25, -0.2) is 54.0 Å². The van der Waals surface area contributed by atoms with Crippen molar-refractivity contribution in [3.63, 3.8) is 0 Å². The molecule has 7 unspecified atom stereocenters. The van der Waals surface area contributed by atoms with Crippen LogP contribution in [0.5, 0.6) is 0 Å². The Kier molecular flexibility index (Phi) is 29.2. The fourth-order valence-electron chi connectivity index (χ4n) is 16.0. The van der Waals surface area contributed by atoms with Crippen LogP contribution < -0.4 is 56.6 Å². The molecule has 0 radical (unpaired) electrons. The van der Waals surface area contributed by atoms with Gasteiger partial charge in [-0.1, -0.05) is 26.1 Å². The van der Waals surface area contributed by atoms with Crippen molar-refractivity contribution in [1.29, 1.82) is 0 Å². The van der Waals surface area contributed by atoms with E-state index >= 15 is 0 Å². The van der Waals surface area contributed by atoms with Crippen molar-refractivity contribution in [3.05, 3.63) is 124 Å². The van der Waals surface area contributed by atoms with Crippen LogP contribution in [0.15, 0.2) is 79.1 Å². The minimum absolute atomic E-state index is 0.0266. The second-order valence-electron chi connectivity index (χ2n) is 30.6. The van der Waals surface area contributed by atoms with Crippen molar-refractivity contribution in [2.24, 2.45) is 0 Å². The Labute approximate surface area is 776 Å². The van der Waals surface area contributed by atoms with Gasteiger partial charge >= 0.3 is 51.8 Å². The monoisotopic (exact) mass is 2090 g/mol. The first-order valence-electron chi connectivity index (χ1n) is 39.9. The lowest BCUT2D eigenvalue weighted by Gasteiger charge is -2.35. The van der Waals surface area contributed by atoms with Crippen LogP contribution in [-0.4, -0.2) is 258 Å². The number of hydrogen-bond donors (Lipinski definition) is 15. The van der Waals surface area contributed by atoms with E-state index in [4.69, 9.17) is 169 Å². The second kappa shape index (κ2) is 39.1. The molecular weight excluding hydrogens is 2010 g/mol. The molecule has 7 aliphatic heterocycles. The van der Waals surface area contributed by atoms with Crippen LogP contribution in [0.4, 0.5) is 23.5 Å². The number of aromatic amines is 4. The van der Waals surface area contributed by atoms with Crippen LogP contribution in [0.25, 0.3) is 44.7 Å². The third kappa shape index (κ3) is 21.1. The number of nitrogens with two attached hydrogens (primary N) is 4. The second-order valence-corrected chi connectivity index (χ2v) is 47.5. The van der Waals surface area contributed by atoms with Crippen LogP contribution in [0.1, 0.15) is 101 Å². The zero-order chi connectivity index (χ0) is 95.3. The number of nitrogen functional groups attached to an aromatic ring is 4. The van der Waals surface area contributed by atoms with E-state index in [-0.39, 0.29) is 105 Å². The largest absolute Gasteiger partial charge is 0.393 e. The Morgan fingerprint density at radius 1 is 0.459 bits per heavy atom. The number of aromatic nitrogens is 20. The lowest BCUT2D eigenvalue weighted by atomic mass is 9.94. The number of ether oxygens (including phenoxy) is 7. The quantitative estimate of drug-likeness (QED) is 0.0192. The summed E-state index contributed by atoms with van der Waals surface area (Å²) in [7, 11) is 1.09. The summed E-state index contributed by atoms with van der Waals surface area (Å²) >= 11 is 32.1. The molecule has 724 valence electrons. The van der Waals surface area contributed by atoms with Gasteiger partial charge in [0.1, 0.15) is 109 Å². The molecule has 18 N–H and O–H groups in total. The molecule has 7 fully saturated rings. The van der Waals surface area contributed by atoms with Gasteiger partial charge in [-0.15, -0.1) is 0 Å². The van der Waals surface area contributed by atoms with E-state index in [1.54, 1.807) is 6.92 Å². The van der Waals surface area contributed by atoms with E-state index in [1.807, 2.05) is 13.8 Å². The van der Waals surface area contributed by atoms with Crippen LogP contribution in [-0.2, 0) is 151 Å². The number of thiol groups is 1. The van der Waals surface area contributed by atoms with Crippen LogP contribution >= 0.6 is 52.6 Å². The fourth-order valence-corrected chi connectivity index (χ4v) is 24.3. The number of aliphatic hydroxyl groups is 1. The first-order chi connectivity index (χ1) is 62.9. The third-order valence-electron chi connectivity index (χ3n) is 22.2. The molecule has 0 aromatic carbocycles. The molecule has 10 aromatic rings. The smallest absolute Gasteiger partial charge is 0.386 e. The number of anilines is 4. The number of nitrogens with zero attached hydrogens (tertiary/aromatic N) is 16. The molecule has 68 heteroatoms. The minimum atomic E-state index is -4.74. The molecule has 0 amide bonds. The Morgan fingerprint density at radius 3 is 1.19 bits per heavy atom. The maximum atomic E-state index is 14.6. The van der Waals surface area contributed by atoms with Gasteiger partial charge in [-0.3, -0.25) is 80.1 Å². The highest BCUT2D eigenvalue weighted by atomic mass is 32.7. The van der Waals surface area contributed by atoms with Crippen molar-refractivity contribution in [1.82, 2.24) is 97.2 Å². The summed E-state index contributed by atoms with van der Waals surface area (Å²) < 4.78 is 139. The summed E-state index contributed by atoms with van der Waals surface area (Å²) in [5, 5.41) is 11.0. The Bertz CT molecular complexity index is 6800. The highest BCUT2D eigenvalue weighted by molar-refractivity contribution is 8.44. The number of hydrogen-bond acceptors (Lipinski definition) is 46. The molecule has 10 aromatic heterocycles. The van der Waals surface area contributed by atoms with Crippen molar-refractivity contribution in [2.75, 3.05) is 69.7 Å². The Balaban J connectivity index is 0.00000640. The molecular formula is C65H86N24O32P6S6. The molecule has 17 rings (SSSR count). The van der Waals surface area contributed by atoms with E-state index < -0.39 is 242 Å². The normalized spacial score (nSPS) is 30.4. The summed E-state index contributed by atoms with van der Waals surface area (Å²) in [6.07, 6.45) is -15.7. The predicted molar refractivity (Wildman–Crippen MR) is 480 cm³/mol. The topological polar surface area (TPSA) is 742 Å². The molecule has 2 bridgehead atoms. The average molecular weight is 2090 g/mol. The molecule has 0 spiro atoms. The van der Waals surface area contributed by atoms with E-state index in [2.05, 4.69) is 82.0 Å². The van der Waals surface area contributed by atoms with Crippen molar-refractivity contribution < 1.29 is 122 Å². The number of aryl methyl sites for hydroxylation is 2. The molecule has 26 atom stereocenters. The summed E-state index contributed by atoms with van der Waals surface area (Å²) in [5.41, 5.74) is 18.5. The first kappa shape index (κ1) is 99.2. The molecule has 7 aliphatic rings. The number of nitrogens with one attached hydrogen (secondary N) is 4. The highest BCUT2D eigenvalue weighted by Gasteiger charge is 2.68. The maximum absolute atomic E-state index is 14.6. The zero-order valence-electron chi connectivity index (χ0n) is 69.8. The van der Waals surface area contributed by atoms with Gasteiger partial charge in [-0.05, 0) is 79.8 Å². The fraction of sp³-hybridized carbons (Fsp3) is 0.569. The number of rotatable bonds is 35. The van der Waals surface area contributed by atoms with E-state index in [1.165, 1.54) is 82.5 Å². The highest BCUT2D eigenvalue weighted by Crippen LogP contribution is 2.61. The average Bonchev–Trinajstić information content (AvgIpc) is 1.54. The van der Waals surface area contributed by atoms with Gasteiger partial charge in [0.15, 0.2) is 51.5 Å². The number of H-pyrrole nitrogens is 4. The third-order valence-corrected chi connectivity index (χ3v) is 31.9. The lowest BCUT2D eigenvalue weighted by Crippen LogP contribution is -2.50. The molecule has 133 heavy (non-hydrogen) atoms. The molecule has 7 saturated heterocycles. The van der Waals surface area contributed by atoms with E-state index in [0.717, 1.165) is 16.2 Å². The maximum Gasteiger partial charge on any atom is 0.386 e. The van der Waals surface area contributed by atoms with E-state index in [9.17, 15) is 62.9 Å². The van der Waals surface area contributed by atoms with Gasteiger partial charge in [0.05, 0.1) is 95.5 Å². The summed E-state index contributed by atoms with van der Waals surface area (Å²) in [6.45, 7) is -23.2. The number of fused-ring (bicyclic) bond motifs is 6. The lowest BCUT2D eigenvalue weighted by molar-refractivity contribution is -0.216. The number of imidazole rings is 4. The van der Waals surface area contributed by atoms with Gasteiger partial charge in [-0.2, -0.15) is 9.97 Å². The molecule has 0 aliphatic carbocycles. The molecule has 0 saturated carbocycles. The number of aliphatic hydroxyl groups excluding tert-OH is 1. The van der Waals surface area contributed by atoms with Crippen LogP contribution in [0.2, 0.25) is 0 Å². The van der Waals surface area contributed by atoms with Gasteiger partial charge < -0.3 is 126 Å². The SMILES string of the molecule is CC.COP(O)(=S)O[C@@H]1C[C@H](n2cc(C)c(=O)[nH]c2=O)O[C@@H]1COP(=O)(S)O[C@@H]1C[C@H](n2cnc3c(=O)[nH]c(N)nc32)O[C@@H]1COP(O)(=S)O[C@@H]1C[C@H](n2cc(C)c(=O)[nH]c2=O)O[C@@H]1COP(O)(=S)O[C@@H]1C[C@H](n2cnc3c(=O)[nH]c(N)nc32)O[C@@H]1COP(O)(=S)O[C@@H]1C[C@H](n2cnc3c(N)ncnc32)O[C@@H]1COP(O)(=S)O[C@@H]1C2O[C@@H](C)[C@]1(CO)O[C@H]2n1cnc2c(N)ncnc21. The minimum Gasteiger partial charge on any atom is -0.393 e.